The summed E-state index contributed by atoms with van der Waals surface area (Å²) in [5.41, 5.74) is 1.60. The molecule has 1 aromatic rings. The summed E-state index contributed by atoms with van der Waals surface area (Å²) in [5.74, 6) is -0.428. The number of amides is 1. The van der Waals surface area contributed by atoms with Crippen LogP contribution >= 0.6 is 0 Å². The SMILES string of the molecule is O=C(N[C@H]1CCS(=O)(=O)C1)c1cc2c([nH]c1=O)CCC2. The summed E-state index contributed by atoms with van der Waals surface area (Å²) < 4.78 is 22.7. The molecule has 1 aliphatic carbocycles. The fraction of sp³-hybridized carbons (Fsp3) is 0.538. The predicted octanol–water partition coefficient (Wildman–Crippen LogP) is -0.220. The molecule has 20 heavy (non-hydrogen) atoms. The van der Waals surface area contributed by atoms with Gasteiger partial charge >= 0.3 is 0 Å². The molecule has 2 N–H and O–H groups in total. The molecule has 0 unspecified atom stereocenters. The summed E-state index contributed by atoms with van der Waals surface area (Å²) in [5, 5.41) is 2.64. The molecule has 1 aromatic heterocycles. The van der Waals surface area contributed by atoms with E-state index >= 15 is 0 Å². The lowest BCUT2D eigenvalue weighted by Gasteiger charge is -2.11. The van der Waals surface area contributed by atoms with Gasteiger partial charge in [-0.3, -0.25) is 9.59 Å². The first kappa shape index (κ1) is 13.4. The molecule has 1 saturated heterocycles. The second-order valence-electron chi connectivity index (χ2n) is 5.44. The maximum Gasteiger partial charge on any atom is 0.261 e. The van der Waals surface area contributed by atoms with Gasteiger partial charge in [-0.2, -0.15) is 0 Å². The normalized spacial score (nSPS) is 23.5. The van der Waals surface area contributed by atoms with Crippen LogP contribution in [0.25, 0.3) is 0 Å². The number of aromatic amines is 1. The Labute approximate surface area is 116 Å². The molecule has 7 heteroatoms. The maximum absolute atomic E-state index is 12.1. The lowest BCUT2D eigenvalue weighted by molar-refractivity contribution is 0.0939. The molecule has 0 spiro atoms. The van der Waals surface area contributed by atoms with E-state index in [1.807, 2.05) is 0 Å². The van der Waals surface area contributed by atoms with E-state index in [2.05, 4.69) is 10.3 Å². The minimum Gasteiger partial charge on any atom is -0.348 e. The van der Waals surface area contributed by atoms with Crippen molar-refractivity contribution in [3.8, 4) is 0 Å². The van der Waals surface area contributed by atoms with E-state index in [1.165, 1.54) is 0 Å². The molecule has 2 aliphatic rings. The number of carbonyl (C=O) groups is 1. The first-order chi connectivity index (χ1) is 9.44. The third-order valence-corrected chi connectivity index (χ3v) is 5.67. The number of pyridine rings is 1. The van der Waals surface area contributed by atoms with Crippen molar-refractivity contribution in [3.63, 3.8) is 0 Å². The summed E-state index contributed by atoms with van der Waals surface area (Å²) >= 11 is 0. The van der Waals surface area contributed by atoms with Crippen LogP contribution in [0.4, 0.5) is 0 Å². The molecular formula is C13H16N2O4S. The largest absolute Gasteiger partial charge is 0.348 e. The summed E-state index contributed by atoms with van der Waals surface area (Å²) in [4.78, 5) is 26.7. The van der Waals surface area contributed by atoms with Crippen molar-refractivity contribution >= 4 is 15.7 Å². The molecular weight excluding hydrogens is 280 g/mol. The number of carbonyl (C=O) groups excluding carboxylic acids is 1. The fourth-order valence-electron chi connectivity index (χ4n) is 2.85. The number of hydrogen-bond acceptors (Lipinski definition) is 4. The minimum atomic E-state index is -3.04. The van der Waals surface area contributed by atoms with Gasteiger partial charge in [0.15, 0.2) is 9.84 Å². The Morgan fingerprint density at radius 1 is 1.35 bits per heavy atom. The zero-order chi connectivity index (χ0) is 14.3. The van der Waals surface area contributed by atoms with Crippen LogP contribution in [0.15, 0.2) is 10.9 Å². The van der Waals surface area contributed by atoms with E-state index in [4.69, 9.17) is 0 Å². The van der Waals surface area contributed by atoms with Gasteiger partial charge in [-0.1, -0.05) is 0 Å². The Bertz CT molecular complexity index is 720. The van der Waals surface area contributed by atoms with Crippen molar-refractivity contribution in [1.29, 1.82) is 0 Å². The van der Waals surface area contributed by atoms with E-state index in [1.54, 1.807) is 6.07 Å². The van der Waals surface area contributed by atoms with Gasteiger partial charge in [-0.05, 0) is 37.3 Å². The van der Waals surface area contributed by atoms with E-state index < -0.39 is 21.3 Å². The van der Waals surface area contributed by atoms with Crippen LogP contribution in [-0.2, 0) is 22.7 Å². The van der Waals surface area contributed by atoms with Crippen molar-refractivity contribution in [2.75, 3.05) is 11.5 Å². The maximum atomic E-state index is 12.1. The summed E-state index contributed by atoms with van der Waals surface area (Å²) in [7, 11) is -3.04. The zero-order valence-electron chi connectivity index (χ0n) is 10.9. The lowest BCUT2D eigenvalue weighted by atomic mass is 10.1. The van der Waals surface area contributed by atoms with Gasteiger partial charge in [0.1, 0.15) is 5.56 Å². The van der Waals surface area contributed by atoms with Gasteiger partial charge in [0.2, 0.25) is 0 Å². The van der Waals surface area contributed by atoms with Crippen molar-refractivity contribution in [1.82, 2.24) is 10.3 Å². The molecule has 6 nitrogen and oxygen atoms in total. The average Bonchev–Trinajstić information content (AvgIpc) is 2.94. The van der Waals surface area contributed by atoms with Gasteiger partial charge in [0.05, 0.1) is 11.5 Å². The molecule has 1 aliphatic heterocycles. The van der Waals surface area contributed by atoms with Gasteiger partial charge in [-0.15, -0.1) is 0 Å². The predicted molar refractivity (Wildman–Crippen MR) is 73.6 cm³/mol. The number of nitrogens with one attached hydrogen (secondary N) is 2. The van der Waals surface area contributed by atoms with Crippen LogP contribution in [0.3, 0.4) is 0 Å². The Balaban J connectivity index is 1.80. The number of aryl methyl sites for hydroxylation is 2. The van der Waals surface area contributed by atoms with Crippen LogP contribution in [0, 0.1) is 0 Å². The highest BCUT2D eigenvalue weighted by Gasteiger charge is 2.30. The number of H-pyrrole nitrogens is 1. The number of rotatable bonds is 2. The fourth-order valence-corrected chi connectivity index (χ4v) is 4.53. The Morgan fingerprint density at radius 2 is 2.15 bits per heavy atom. The number of sulfone groups is 1. The highest BCUT2D eigenvalue weighted by atomic mass is 32.2. The van der Waals surface area contributed by atoms with Crippen molar-refractivity contribution in [2.45, 2.75) is 31.7 Å². The molecule has 1 fully saturated rings. The van der Waals surface area contributed by atoms with E-state index in [0.29, 0.717) is 6.42 Å². The van der Waals surface area contributed by atoms with Crippen LogP contribution in [-0.4, -0.2) is 36.9 Å². The highest BCUT2D eigenvalue weighted by molar-refractivity contribution is 7.91. The van der Waals surface area contributed by atoms with Crippen LogP contribution in [0.5, 0.6) is 0 Å². The zero-order valence-corrected chi connectivity index (χ0v) is 11.8. The molecule has 1 amide bonds. The van der Waals surface area contributed by atoms with Crippen molar-refractivity contribution in [3.05, 3.63) is 33.2 Å². The smallest absolute Gasteiger partial charge is 0.261 e. The molecule has 0 radical (unpaired) electrons. The topological polar surface area (TPSA) is 96.1 Å². The molecule has 0 aromatic carbocycles. The Morgan fingerprint density at radius 3 is 2.85 bits per heavy atom. The first-order valence-electron chi connectivity index (χ1n) is 6.71. The quantitative estimate of drug-likeness (QED) is 0.788. The standard InChI is InChI=1S/C13H16N2O4S/c16-12(14-9-4-5-20(18,19)7-9)10-6-8-2-1-3-11(8)15-13(10)17/h6,9H,1-5,7H2,(H,14,16)(H,15,17)/t9-/m0/s1. The summed E-state index contributed by atoms with van der Waals surface area (Å²) in [6.07, 6.45) is 3.10. The van der Waals surface area contributed by atoms with E-state index in [9.17, 15) is 18.0 Å². The minimum absolute atomic E-state index is 0.0401. The van der Waals surface area contributed by atoms with Crippen molar-refractivity contribution < 1.29 is 13.2 Å². The second kappa shape index (κ2) is 4.73. The molecule has 1 atom stereocenters. The molecule has 0 bridgehead atoms. The number of fused-ring (bicyclic) bond motifs is 1. The second-order valence-corrected chi connectivity index (χ2v) is 7.67. The average molecular weight is 296 g/mol. The van der Waals surface area contributed by atoms with Gasteiger partial charge in [0.25, 0.3) is 11.5 Å². The van der Waals surface area contributed by atoms with Crippen molar-refractivity contribution in [2.24, 2.45) is 0 Å². The first-order valence-corrected chi connectivity index (χ1v) is 8.53. The summed E-state index contributed by atoms with van der Waals surface area (Å²) in [6.45, 7) is 0. The summed E-state index contributed by atoms with van der Waals surface area (Å²) in [6, 6.07) is 1.25. The lowest BCUT2D eigenvalue weighted by Crippen LogP contribution is -2.38. The van der Waals surface area contributed by atoms with Gasteiger partial charge in [0, 0.05) is 11.7 Å². The number of hydrogen-bond donors (Lipinski definition) is 2. The molecule has 108 valence electrons. The highest BCUT2D eigenvalue weighted by Crippen LogP contribution is 2.19. The third kappa shape index (κ3) is 2.49. The molecule has 0 saturated carbocycles. The van der Waals surface area contributed by atoms with Crippen LogP contribution < -0.4 is 10.9 Å². The van der Waals surface area contributed by atoms with Gasteiger partial charge < -0.3 is 10.3 Å². The molecule has 3 rings (SSSR count). The Hall–Kier alpha value is -1.63. The third-order valence-electron chi connectivity index (χ3n) is 3.90. The van der Waals surface area contributed by atoms with Crippen LogP contribution in [0.1, 0.15) is 34.5 Å². The molecule has 2 heterocycles. The van der Waals surface area contributed by atoms with E-state index in [0.717, 1.165) is 30.5 Å². The number of aromatic nitrogens is 1. The Kier molecular flexibility index (Phi) is 3.16. The van der Waals surface area contributed by atoms with Crippen LogP contribution in [0.2, 0.25) is 0 Å². The van der Waals surface area contributed by atoms with E-state index in [-0.39, 0.29) is 23.1 Å². The monoisotopic (exact) mass is 296 g/mol. The van der Waals surface area contributed by atoms with Gasteiger partial charge in [-0.25, -0.2) is 8.42 Å².